The molecule has 1 aromatic heterocycles. The predicted octanol–water partition coefficient (Wildman–Crippen LogP) is 0.681. The Hall–Kier alpha value is -1.34. The van der Waals surface area contributed by atoms with E-state index in [-0.39, 0.29) is 11.8 Å². The first-order chi connectivity index (χ1) is 8.96. The minimum atomic E-state index is -3.17. The average molecular weight is 286 g/mol. The van der Waals surface area contributed by atoms with Crippen LogP contribution >= 0.6 is 0 Å². The SMILES string of the molecule is CS(=O)(=O)NCC1CCCN(C(=O)c2ccoc2)C1. The van der Waals surface area contributed by atoms with E-state index in [2.05, 4.69) is 4.72 Å². The molecule has 1 amide bonds. The Morgan fingerprint density at radius 3 is 3.00 bits per heavy atom. The zero-order chi connectivity index (χ0) is 13.9. The number of rotatable bonds is 4. The molecule has 1 N–H and O–H groups in total. The number of carbonyl (C=O) groups excluding carboxylic acids is 1. The number of hydrogen-bond donors (Lipinski definition) is 1. The molecule has 6 nitrogen and oxygen atoms in total. The summed E-state index contributed by atoms with van der Waals surface area (Å²) in [5.41, 5.74) is 0.539. The Kier molecular flexibility index (Phi) is 4.26. The van der Waals surface area contributed by atoms with Gasteiger partial charge >= 0.3 is 0 Å². The van der Waals surface area contributed by atoms with E-state index in [0.29, 0.717) is 25.2 Å². The summed E-state index contributed by atoms with van der Waals surface area (Å²) in [7, 11) is -3.17. The molecule has 1 aliphatic heterocycles. The Morgan fingerprint density at radius 1 is 1.58 bits per heavy atom. The number of piperidine rings is 1. The van der Waals surface area contributed by atoms with E-state index in [1.807, 2.05) is 0 Å². The summed E-state index contributed by atoms with van der Waals surface area (Å²) in [6, 6.07) is 1.64. The summed E-state index contributed by atoms with van der Waals surface area (Å²) in [5, 5.41) is 0. The van der Waals surface area contributed by atoms with Gasteiger partial charge in [0, 0.05) is 19.6 Å². The molecule has 1 fully saturated rings. The van der Waals surface area contributed by atoms with Crippen molar-refractivity contribution in [1.82, 2.24) is 9.62 Å². The molecule has 19 heavy (non-hydrogen) atoms. The molecule has 1 aromatic rings. The van der Waals surface area contributed by atoms with Gasteiger partial charge in [-0.15, -0.1) is 0 Å². The quantitative estimate of drug-likeness (QED) is 0.882. The van der Waals surface area contributed by atoms with E-state index in [1.165, 1.54) is 12.5 Å². The van der Waals surface area contributed by atoms with Crippen LogP contribution in [-0.4, -0.2) is 45.1 Å². The zero-order valence-electron chi connectivity index (χ0n) is 10.8. The summed E-state index contributed by atoms with van der Waals surface area (Å²) in [4.78, 5) is 13.9. The van der Waals surface area contributed by atoms with E-state index in [1.54, 1.807) is 11.0 Å². The van der Waals surface area contributed by atoms with E-state index in [4.69, 9.17) is 4.42 Å². The zero-order valence-corrected chi connectivity index (χ0v) is 11.6. The van der Waals surface area contributed by atoms with Gasteiger partial charge in [0.2, 0.25) is 10.0 Å². The lowest BCUT2D eigenvalue weighted by Gasteiger charge is -2.32. The fourth-order valence-electron chi connectivity index (χ4n) is 2.25. The van der Waals surface area contributed by atoms with Gasteiger partial charge in [-0.25, -0.2) is 13.1 Å². The van der Waals surface area contributed by atoms with Gasteiger partial charge in [0.05, 0.1) is 18.1 Å². The second-order valence-corrected chi connectivity index (χ2v) is 6.73. The average Bonchev–Trinajstić information content (AvgIpc) is 2.89. The lowest BCUT2D eigenvalue weighted by molar-refractivity contribution is 0.0675. The van der Waals surface area contributed by atoms with Crippen LogP contribution in [0.2, 0.25) is 0 Å². The maximum atomic E-state index is 12.1. The fraction of sp³-hybridized carbons (Fsp3) is 0.583. The highest BCUT2D eigenvalue weighted by Crippen LogP contribution is 2.18. The third kappa shape index (κ3) is 4.07. The summed E-state index contributed by atoms with van der Waals surface area (Å²) in [5.74, 6) is 0.108. The van der Waals surface area contributed by atoms with E-state index >= 15 is 0 Å². The molecule has 0 saturated carbocycles. The predicted molar refractivity (Wildman–Crippen MR) is 70.2 cm³/mol. The van der Waals surface area contributed by atoms with Crippen molar-refractivity contribution in [2.24, 2.45) is 5.92 Å². The number of furan rings is 1. The van der Waals surface area contributed by atoms with Crippen molar-refractivity contribution in [3.8, 4) is 0 Å². The van der Waals surface area contributed by atoms with Crippen LogP contribution in [0.5, 0.6) is 0 Å². The van der Waals surface area contributed by atoms with E-state index < -0.39 is 10.0 Å². The second-order valence-electron chi connectivity index (χ2n) is 4.89. The highest BCUT2D eigenvalue weighted by Gasteiger charge is 2.25. The Bertz CT molecular complexity index is 524. The molecule has 1 unspecified atom stereocenters. The van der Waals surface area contributed by atoms with Crippen LogP contribution in [0.4, 0.5) is 0 Å². The summed E-state index contributed by atoms with van der Waals surface area (Å²) < 4.78 is 29.6. The normalized spacial score (nSPS) is 20.5. The van der Waals surface area contributed by atoms with Crippen LogP contribution in [0.15, 0.2) is 23.0 Å². The number of amides is 1. The van der Waals surface area contributed by atoms with Crippen molar-refractivity contribution in [3.05, 3.63) is 24.2 Å². The highest BCUT2D eigenvalue weighted by molar-refractivity contribution is 7.88. The molecular formula is C12H18N2O4S. The monoisotopic (exact) mass is 286 g/mol. The molecule has 7 heteroatoms. The largest absolute Gasteiger partial charge is 0.472 e. The number of nitrogens with one attached hydrogen (secondary N) is 1. The van der Waals surface area contributed by atoms with Gasteiger partial charge in [0.25, 0.3) is 5.91 Å². The Balaban J connectivity index is 1.92. The molecule has 2 rings (SSSR count). The molecular weight excluding hydrogens is 268 g/mol. The summed E-state index contributed by atoms with van der Waals surface area (Å²) >= 11 is 0. The molecule has 0 spiro atoms. The van der Waals surface area contributed by atoms with Gasteiger partial charge in [-0.05, 0) is 24.8 Å². The number of hydrogen-bond acceptors (Lipinski definition) is 4. The molecule has 1 atom stereocenters. The van der Waals surface area contributed by atoms with Crippen LogP contribution in [0.25, 0.3) is 0 Å². The molecule has 1 aliphatic rings. The van der Waals surface area contributed by atoms with Crippen LogP contribution in [0.3, 0.4) is 0 Å². The highest BCUT2D eigenvalue weighted by atomic mass is 32.2. The molecule has 0 radical (unpaired) electrons. The van der Waals surface area contributed by atoms with Gasteiger partial charge in [0.15, 0.2) is 0 Å². The van der Waals surface area contributed by atoms with Crippen molar-refractivity contribution in [2.45, 2.75) is 12.8 Å². The summed E-state index contributed by atoms with van der Waals surface area (Å²) in [6.45, 7) is 1.67. The van der Waals surface area contributed by atoms with E-state index in [0.717, 1.165) is 19.1 Å². The third-order valence-corrected chi connectivity index (χ3v) is 3.90. The smallest absolute Gasteiger partial charge is 0.257 e. The number of carbonyl (C=O) groups is 1. The number of sulfonamides is 1. The Labute approximate surface area is 112 Å². The topological polar surface area (TPSA) is 79.6 Å². The molecule has 106 valence electrons. The van der Waals surface area contributed by atoms with Crippen LogP contribution in [0, 0.1) is 5.92 Å². The molecule has 0 aromatic carbocycles. The third-order valence-electron chi connectivity index (χ3n) is 3.21. The van der Waals surface area contributed by atoms with Crippen LogP contribution in [0.1, 0.15) is 23.2 Å². The maximum Gasteiger partial charge on any atom is 0.257 e. The Morgan fingerprint density at radius 2 is 2.37 bits per heavy atom. The van der Waals surface area contributed by atoms with Gasteiger partial charge < -0.3 is 9.32 Å². The molecule has 1 saturated heterocycles. The minimum absolute atomic E-state index is 0.0576. The standard InChI is InChI=1S/C12H18N2O4S/c1-19(16,17)13-7-10-3-2-5-14(8-10)12(15)11-4-6-18-9-11/h4,6,9-10,13H,2-3,5,7-8H2,1H3. The van der Waals surface area contributed by atoms with Crippen molar-refractivity contribution in [1.29, 1.82) is 0 Å². The van der Waals surface area contributed by atoms with E-state index in [9.17, 15) is 13.2 Å². The minimum Gasteiger partial charge on any atom is -0.472 e. The molecule has 0 bridgehead atoms. The first kappa shape index (κ1) is 14.1. The van der Waals surface area contributed by atoms with Crippen LogP contribution in [-0.2, 0) is 10.0 Å². The maximum absolute atomic E-state index is 12.1. The lowest BCUT2D eigenvalue weighted by Crippen LogP contribution is -2.43. The van der Waals surface area contributed by atoms with Gasteiger partial charge in [0.1, 0.15) is 6.26 Å². The van der Waals surface area contributed by atoms with Crippen molar-refractivity contribution in [3.63, 3.8) is 0 Å². The van der Waals surface area contributed by atoms with Crippen molar-refractivity contribution < 1.29 is 17.6 Å². The lowest BCUT2D eigenvalue weighted by atomic mass is 9.98. The fourth-order valence-corrected chi connectivity index (χ4v) is 2.79. The molecule has 2 heterocycles. The number of nitrogens with zero attached hydrogens (tertiary/aromatic N) is 1. The van der Waals surface area contributed by atoms with Gasteiger partial charge in [-0.3, -0.25) is 4.79 Å². The van der Waals surface area contributed by atoms with Gasteiger partial charge in [-0.1, -0.05) is 0 Å². The first-order valence-electron chi connectivity index (χ1n) is 6.22. The summed E-state index contributed by atoms with van der Waals surface area (Å²) in [6.07, 6.45) is 5.86. The first-order valence-corrected chi connectivity index (χ1v) is 8.11. The number of likely N-dealkylation sites (tertiary alicyclic amines) is 1. The van der Waals surface area contributed by atoms with Crippen LogP contribution < -0.4 is 4.72 Å². The van der Waals surface area contributed by atoms with Crippen molar-refractivity contribution >= 4 is 15.9 Å². The second kappa shape index (κ2) is 5.75. The molecule has 0 aliphatic carbocycles. The van der Waals surface area contributed by atoms with Gasteiger partial charge in [-0.2, -0.15) is 0 Å². The van der Waals surface area contributed by atoms with Crippen molar-refractivity contribution in [2.75, 3.05) is 25.9 Å².